The van der Waals surface area contributed by atoms with Gasteiger partial charge in [0.2, 0.25) is 5.91 Å². The highest BCUT2D eigenvalue weighted by atomic mass is 16.2. The molecule has 6 heteroatoms. The Labute approximate surface area is 104 Å². The second-order valence-electron chi connectivity index (χ2n) is 5.19. The fraction of sp³-hybridized carbons (Fsp3) is 0.417. The van der Waals surface area contributed by atoms with Crippen molar-refractivity contribution >= 4 is 11.4 Å². The van der Waals surface area contributed by atoms with Gasteiger partial charge in [0, 0.05) is 11.7 Å². The average molecular weight is 248 g/mol. The van der Waals surface area contributed by atoms with Gasteiger partial charge in [0.15, 0.2) is 0 Å². The third-order valence-corrected chi connectivity index (χ3v) is 2.34. The number of hydrogen-bond donors (Lipinski definition) is 1. The number of amides is 1. The van der Waals surface area contributed by atoms with Crippen molar-refractivity contribution in [1.29, 1.82) is 0 Å². The maximum Gasteiger partial charge on any atom is 0.349 e. The number of carbonyl (C=O) groups is 1. The Morgan fingerprint density at radius 2 is 2.17 bits per heavy atom. The number of carbonyl (C=O) groups excluding carboxylic acids is 1. The summed E-state index contributed by atoms with van der Waals surface area (Å²) in [4.78, 5) is 23.7. The summed E-state index contributed by atoms with van der Waals surface area (Å²) in [6.45, 7) is 5.58. The maximum atomic E-state index is 12.0. The van der Waals surface area contributed by atoms with Crippen molar-refractivity contribution in [2.75, 3.05) is 0 Å². The van der Waals surface area contributed by atoms with Gasteiger partial charge in [0.05, 0.1) is 11.7 Å². The Morgan fingerprint density at radius 1 is 1.44 bits per heavy atom. The molecule has 2 heterocycles. The van der Waals surface area contributed by atoms with Crippen molar-refractivity contribution in [3.8, 4) is 0 Å². The molecule has 0 spiro atoms. The van der Waals surface area contributed by atoms with Crippen LogP contribution in [0.1, 0.15) is 20.8 Å². The summed E-state index contributed by atoms with van der Waals surface area (Å²) in [7, 11) is 0. The molecule has 2 aromatic heterocycles. The monoisotopic (exact) mass is 248 g/mol. The first kappa shape index (κ1) is 12.3. The third-order valence-electron chi connectivity index (χ3n) is 2.34. The zero-order valence-electron chi connectivity index (χ0n) is 10.7. The molecule has 0 unspecified atom stereocenters. The Balaban J connectivity index is 2.24. The van der Waals surface area contributed by atoms with Gasteiger partial charge < -0.3 is 5.32 Å². The number of rotatable bonds is 2. The van der Waals surface area contributed by atoms with Gasteiger partial charge in [-0.2, -0.15) is 5.10 Å². The van der Waals surface area contributed by atoms with Gasteiger partial charge in [-0.05, 0) is 32.9 Å². The molecule has 96 valence electrons. The van der Waals surface area contributed by atoms with E-state index in [9.17, 15) is 9.59 Å². The van der Waals surface area contributed by atoms with E-state index >= 15 is 0 Å². The molecule has 0 fully saturated rings. The molecule has 2 rings (SSSR count). The molecule has 2 aromatic rings. The standard InChI is InChI=1S/C12H16N4O2/c1-12(2,3)14-10(17)8-16-11(18)15-6-4-5-9(15)7-13-16/h4-7H,8H2,1-3H3,(H,14,17). The van der Waals surface area contributed by atoms with Crippen molar-refractivity contribution in [3.05, 3.63) is 35.0 Å². The maximum absolute atomic E-state index is 12.0. The minimum Gasteiger partial charge on any atom is -0.350 e. The highest BCUT2D eigenvalue weighted by molar-refractivity contribution is 5.76. The summed E-state index contributed by atoms with van der Waals surface area (Å²) in [6, 6.07) is 3.55. The van der Waals surface area contributed by atoms with E-state index in [4.69, 9.17) is 0 Å². The second kappa shape index (κ2) is 4.29. The van der Waals surface area contributed by atoms with Crippen LogP contribution >= 0.6 is 0 Å². The van der Waals surface area contributed by atoms with Crippen LogP contribution in [0.5, 0.6) is 0 Å². The van der Waals surface area contributed by atoms with Crippen molar-refractivity contribution in [2.45, 2.75) is 32.9 Å². The van der Waals surface area contributed by atoms with Crippen LogP contribution in [0.2, 0.25) is 0 Å². The molecule has 18 heavy (non-hydrogen) atoms. The number of aromatic nitrogens is 3. The van der Waals surface area contributed by atoms with Crippen LogP contribution in [0.3, 0.4) is 0 Å². The molecule has 0 saturated carbocycles. The lowest BCUT2D eigenvalue weighted by molar-refractivity contribution is -0.123. The van der Waals surface area contributed by atoms with Gasteiger partial charge in [-0.15, -0.1) is 0 Å². The van der Waals surface area contributed by atoms with Crippen LogP contribution in [0.15, 0.2) is 29.3 Å². The smallest absolute Gasteiger partial charge is 0.349 e. The molecule has 0 aliphatic heterocycles. The van der Waals surface area contributed by atoms with E-state index in [-0.39, 0.29) is 23.7 Å². The molecule has 1 N–H and O–H groups in total. The summed E-state index contributed by atoms with van der Waals surface area (Å²) in [5.41, 5.74) is 0.0761. The zero-order valence-corrected chi connectivity index (χ0v) is 10.7. The second-order valence-corrected chi connectivity index (χ2v) is 5.19. The predicted octanol–water partition coefficient (Wildman–Crippen LogP) is 0.411. The highest BCUT2D eigenvalue weighted by Crippen LogP contribution is 1.99. The number of hydrogen-bond acceptors (Lipinski definition) is 3. The van der Waals surface area contributed by atoms with E-state index in [1.54, 1.807) is 24.5 Å². The van der Waals surface area contributed by atoms with Crippen molar-refractivity contribution < 1.29 is 4.79 Å². The van der Waals surface area contributed by atoms with Crippen LogP contribution in [0.4, 0.5) is 0 Å². The lowest BCUT2D eigenvalue weighted by Gasteiger charge is -2.20. The minimum atomic E-state index is -0.321. The Kier molecular flexibility index (Phi) is 2.94. The molecule has 0 aliphatic carbocycles. The molecule has 0 radical (unpaired) electrons. The number of fused-ring (bicyclic) bond motifs is 1. The summed E-state index contributed by atoms with van der Waals surface area (Å²) < 4.78 is 2.60. The van der Waals surface area contributed by atoms with Gasteiger partial charge >= 0.3 is 5.69 Å². The first-order valence-corrected chi connectivity index (χ1v) is 5.71. The van der Waals surface area contributed by atoms with Crippen LogP contribution in [-0.2, 0) is 11.3 Å². The van der Waals surface area contributed by atoms with Crippen LogP contribution < -0.4 is 11.0 Å². The Morgan fingerprint density at radius 3 is 2.83 bits per heavy atom. The van der Waals surface area contributed by atoms with Crippen LogP contribution in [0, 0.1) is 0 Å². The predicted molar refractivity (Wildman–Crippen MR) is 67.3 cm³/mol. The van der Waals surface area contributed by atoms with Crippen molar-refractivity contribution in [2.24, 2.45) is 0 Å². The van der Waals surface area contributed by atoms with E-state index in [1.165, 1.54) is 4.40 Å². The summed E-state index contributed by atoms with van der Waals surface area (Å²) in [6.07, 6.45) is 3.21. The van der Waals surface area contributed by atoms with Gasteiger partial charge in [-0.25, -0.2) is 9.48 Å². The van der Waals surface area contributed by atoms with Gasteiger partial charge in [0.25, 0.3) is 0 Å². The zero-order chi connectivity index (χ0) is 13.3. The first-order chi connectivity index (χ1) is 8.37. The van der Waals surface area contributed by atoms with Crippen molar-refractivity contribution in [1.82, 2.24) is 19.5 Å². The lowest BCUT2D eigenvalue weighted by Crippen LogP contribution is -2.44. The third kappa shape index (κ3) is 2.58. The molecule has 0 saturated heterocycles. The highest BCUT2D eigenvalue weighted by Gasteiger charge is 2.15. The summed E-state index contributed by atoms with van der Waals surface area (Å²) >= 11 is 0. The normalized spacial score (nSPS) is 11.7. The van der Waals surface area contributed by atoms with Gasteiger partial charge in [0.1, 0.15) is 6.54 Å². The van der Waals surface area contributed by atoms with E-state index in [1.807, 2.05) is 20.8 Å². The Bertz CT molecular complexity index is 633. The van der Waals surface area contributed by atoms with Crippen LogP contribution in [0.25, 0.3) is 5.52 Å². The first-order valence-electron chi connectivity index (χ1n) is 5.71. The number of nitrogens with zero attached hydrogens (tertiary/aromatic N) is 3. The molecular formula is C12H16N4O2. The van der Waals surface area contributed by atoms with E-state index in [0.717, 1.165) is 4.68 Å². The average Bonchev–Trinajstić information content (AvgIpc) is 2.68. The molecular weight excluding hydrogens is 232 g/mol. The van der Waals surface area contributed by atoms with Crippen molar-refractivity contribution in [3.63, 3.8) is 0 Å². The minimum absolute atomic E-state index is 0.0791. The largest absolute Gasteiger partial charge is 0.350 e. The molecule has 0 aromatic carbocycles. The molecule has 0 atom stereocenters. The SMILES string of the molecule is CC(C)(C)NC(=O)Cn1ncc2cccn2c1=O. The van der Waals surface area contributed by atoms with E-state index in [2.05, 4.69) is 10.4 Å². The number of nitrogens with one attached hydrogen (secondary N) is 1. The fourth-order valence-electron chi connectivity index (χ4n) is 1.68. The van der Waals surface area contributed by atoms with E-state index in [0.29, 0.717) is 5.52 Å². The molecule has 6 nitrogen and oxygen atoms in total. The van der Waals surface area contributed by atoms with Gasteiger partial charge in [-0.1, -0.05) is 0 Å². The lowest BCUT2D eigenvalue weighted by atomic mass is 10.1. The topological polar surface area (TPSA) is 68.4 Å². The molecule has 0 aliphatic rings. The van der Waals surface area contributed by atoms with E-state index < -0.39 is 0 Å². The summed E-state index contributed by atoms with van der Waals surface area (Å²) in [5.74, 6) is -0.233. The van der Waals surface area contributed by atoms with Crippen LogP contribution in [-0.4, -0.2) is 25.6 Å². The molecule has 1 amide bonds. The van der Waals surface area contributed by atoms with Gasteiger partial charge in [-0.3, -0.25) is 9.20 Å². The quantitative estimate of drug-likeness (QED) is 0.837. The summed E-state index contributed by atoms with van der Waals surface area (Å²) in [5, 5.41) is 6.76. The Hall–Kier alpha value is -2.11. The molecule has 0 bridgehead atoms. The fourth-order valence-corrected chi connectivity index (χ4v) is 1.68.